The van der Waals surface area contributed by atoms with Crippen molar-refractivity contribution < 1.29 is 51.3 Å². The second-order valence-electron chi connectivity index (χ2n) is 9.73. The highest BCUT2D eigenvalue weighted by Gasteiger charge is 2.22. The summed E-state index contributed by atoms with van der Waals surface area (Å²) in [6.07, 6.45) is 13.4. The van der Waals surface area contributed by atoms with E-state index in [0.29, 0.717) is 13.0 Å². The van der Waals surface area contributed by atoms with Gasteiger partial charge < -0.3 is 24.6 Å². The Bertz CT molecular complexity index is 891. The molecule has 0 radical (unpaired) electrons. The Kier molecular flexibility index (Phi) is 20.3. The summed E-state index contributed by atoms with van der Waals surface area (Å²) in [5, 5.41) is 11.4. The molecular weight excluding hydrogens is 550 g/mol. The summed E-state index contributed by atoms with van der Waals surface area (Å²) in [4.78, 5) is 33.9. The molecule has 8 nitrogen and oxygen atoms in total. The van der Waals surface area contributed by atoms with E-state index in [9.17, 15) is 31.9 Å². The van der Waals surface area contributed by atoms with Gasteiger partial charge in [0.05, 0.1) is 32.8 Å². The SMILES string of the molecule is O=C(O)CCCCCCCCCCCCCCC(=O)NCCOCCOCCC(=O)Oc1c(F)c(F)cc(F)c1F. The summed E-state index contributed by atoms with van der Waals surface area (Å²) in [7, 11) is 0. The zero-order chi connectivity index (χ0) is 30.3. The molecule has 0 saturated carbocycles. The molecule has 0 aliphatic carbocycles. The topological polar surface area (TPSA) is 111 Å². The van der Waals surface area contributed by atoms with Gasteiger partial charge in [-0.25, -0.2) is 8.78 Å². The van der Waals surface area contributed by atoms with Crippen molar-refractivity contribution in [1.29, 1.82) is 0 Å². The first-order chi connectivity index (χ1) is 19.7. The lowest BCUT2D eigenvalue weighted by molar-refractivity contribution is -0.137. The Morgan fingerprint density at radius 2 is 1.10 bits per heavy atom. The summed E-state index contributed by atoms with van der Waals surface area (Å²) >= 11 is 0. The first-order valence-corrected chi connectivity index (χ1v) is 14.4. The van der Waals surface area contributed by atoms with Crippen molar-refractivity contribution in [2.24, 2.45) is 0 Å². The molecule has 1 aromatic rings. The predicted octanol–water partition coefficient (Wildman–Crippen LogP) is 6.23. The predicted molar refractivity (Wildman–Crippen MR) is 143 cm³/mol. The molecule has 0 heterocycles. The van der Waals surface area contributed by atoms with Gasteiger partial charge in [-0.2, -0.15) is 8.78 Å². The van der Waals surface area contributed by atoms with Gasteiger partial charge in [0.1, 0.15) is 0 Å². The fourth-order valence-electron chi connectivity index (χ4n) is 3.96. The third-order valence-corrected chi connectivity index (χ3v) is 6.22. The van der Waals surface area contributed by atoms with Crippen LogP contribution in [0, 0.1) is 23.3 Å². The molecule has 234 valence electrons. The molecule has 1 aromatic carbocycles. The van der Waals surface area contributed by atoms with Crippen LogP contribution in [-0.4, -0.2) is 55.9 Å². The van der Waals surface area contributed by atoms with E-state index in [1.54, 1.807) is 0 Å². The van der Waals surface area contributed by atoms with Crippen LogP contribution in [0.1, 0.15) is 96.3 Å². The number of benzene rings is 1. The second-order valence-corrected chi connectivity index (χ2v) is 9.73. The van der Waals surface area contributed by atoms with E-state index in [-0.39, 0.29) is 44.8 Å². The van der Waals surface area contributed by atoms with Crippen molar-refractivity contribution in [1.82, 2.24) is 5.32 Å². The van der Waals surface area contributed by atoms with Crippen molar-refractivity contribution >= 4 is 17.8 Å². The van der Waals surface area contributed by atoms with E-state index in [1.165, 1.54) is 38.5 Å². The number of amides is 1. The minimum absolute atomic E-state index is 0.0164. The molecule has 41 heavy (non-hydrogen) atoms. The highest BCUT2D eigenvalue weighted by Crippen LogP contribution is 2.26. The maximum atomic E-state index is 13.5. The summed E-state index contributed by atoms with van der Waals surface area (Å²) < 4.78 is 68.1. The minimum atomic E-state index is -1.79. The molecule has 0 aliphatic heterocycles. The molecule has 0 fully saturated rings. The van der Waals surface area contributed by atoms with Gasteiger partial charge in [-0.3, -0.25) is 14.4 Å². The third-order valence-electron chi connectivity index (χ3n) is 6.22. The van der Waals surface area contributed by atoms with Gasteiger partial charge in [0.25, 0.3) is 0 Å². The number of carbonyl (C=O) groups excluding carboxylic acids is 2. The highest BCUT2D eigenvalue weighted by atomic mass is 19.2. The molecule has 2 N–H and O–H groups in total. The van der Waals surface area contributed by atoms with E-state index >= 15 is 0 Å². The Morgan fingerprint density at radius 3 is 1.61 bits per heavy atom. The lowest BCUT2D eigenvalue weighted by Crippen LogP contribution is -2.27. The first kappa shape index (κ1) is 36.3. The highest BCUT2D eigenvalue weighted by molar-refractivity contribution is 5.75. The van der Waals surface area contributed by atoms with Gasteiger partial charge in [-0.05, 0) is 12.8 Å². The van der Waals surface area contributed by atoms with E-state index in [0.717, 1.165) is 38.5 Å². The number of aliphatic carboxylic acids is 1. The average molecular weight is 594 g/mol. The molecule has 0 aliphatic rings. The zero-order valence-electron chi connectivity index (χ0n) is 23.6. The van der Waals surface area contributed by atoms with Crippen LogP contribution in [0.4, 0.5) is 17.6 Å². The first-order valence-electron chi connectivity index (χ1n) is 14.4. The lowest BCUT2D eigenvalue weighted by atomic mass is 10.0. The molecule has 0 aromatic heterocycles. The molecule has 0 spiro atoms. The molecular formula is C29H43F4NO7. The van der Waals surface area contributed by atoms with E-state index in [4.69, 9.17) is 14.6 Å². The van der Waals surface area contributed by atoms with Gasteiger partial charge in [0.2, 0.25) is 23.3 Å². The van der Waals surface area contributed by atoms with Crippen molar-refractivity contribution in [2.75, 3.05) is 33.0 Å². The number of halogens is 4. The quantitative estimate of drug-likeness (QED) is 0.0454. The number of hydrogen-bond donors (Lipinski definition) is 2. The number of esters is 1. The average Bonchev–Trinajstić information content (AvgIpc) is 2.93. The van der Waals surface area contributed by atoms with Crippen LogP contribution in [0.15, 0.2) is 6.07 Å². The van der Waals surface area contributed by atoms with Crippen LogP contribution >= 0.6 is 0 Å². The van der Waals surface area contributed by atoms with E-state index in [1.807, 2.05) is 0 Å². The van der Waals surface area contributed by atoms with Crippen LogP contribution < -0.4 is 10.1 Å². The summed E-state index contributed by atoms with van der Waals surface area (Å²) in [5.74, 6) is -10.2. The number of hydrogen-bond acceptors (Lipinski definition) is 6. The van der Waals surface area contributed by atoms with Gasteiger partial charge in [-0.15, -0.1) is 0 Å². The molecule has 1 rings (SSSR count). The van der Waals surface area contributed by atoms with Gasteiger partial charge in [0, 0.05) is 25.5 Å². The number of carboxylic acid groups (broad SMARTS) is 1. The zero-order valence-corrected chi connectivity index (χ0v) is 23.6. The summed E-state index contributed by atoms with van der Waals surface area (Å²) in [6.45, 7) is 0.788. The molecule has 1 amide bonds. The summed E-state index contributed by atoms with van der Waals surface area (Å²) in [5.41, 5.74) is 0. The number of nitrogens with one attached hydrogen (secondary N) is 1. The van der Waals surface area contributed by atoms with Crippen LogP contribution in [-0.2, 0) is 23.9 Å². The lowest BCUT2D eigenvalue weighted by Gasteiger charge is -2.09. The molecule has 0 bridgehead atoms. The van der Waals surface area contributed by atoms with Crippen LogP contribution in [0.5, 0.6) is 5.75 Å². The van der Waals surface area contributed by atoms with E-state index in [2.05, 4.69) is 10.1 Å². The Labute approximate surface area is 239 Å². The fraction of sp³-hybridized carbons (Fsp3) is 0.690. The fourth-order valence-corrected chi connectivity index (χ4v) is 3.96. The number of carboxylic acids is 1. The van der Waals surface area contributed by atoms with Gasteiger partial charge >= 0.3 is 11.9 Å². The number of ether oxygens (including phenoxy) is 3. The van der Waals surface area contributed by atoms with Gasteiger partial charge in [-0.1, -0.05) is 64.2 Å². The third kappa shape index (κ3) is 18.3. The van der Waals surface area contributed by atoms with Crippen LogP contribution in [0.2, 0.25) is 0 Å². The van der Waals surface area contributed by atoms with Crippen molar-refractivity contribution in [2.45, 2.75) is 96.3 Å². The monoisotopic (exact) mass is 593 g/mol. The molecule has 12 heteroatoms. The van der Waals surface area contributed by atoms with Crippen LogP contribution in [0.25, 0.3) is 0 Å². The Balaban J connectivity index is 1.87. The standard InChI is InChI=1S/C29H43F4NO7/c30-22-21-23(31)28(33)29(27(22)32)41-26(38)15-17-39-19-20-40-18-16-34-24(35)13-11-9-7-5-3-1-2-4-6-8-10-12-14-25(36)37/h21H,1-20H2,(H,34,35)(H,36,37). The van der Waals surface area contributed by atoms with Crippen molar-refractivity contribution in [3.05, 3.63) is 29.3 Å². The second kappa shape index (κ2) is 22.9. The number of carbonyl (C=O) groups is 3. The molecule has 0 atom stereocenters. The maximum Gasteiger partial charge on any atom is 0.313 e. The van der Waals surface area contributed by atoms with E-state index < -0.39 is 47.4 Å². The molecule has 0 saturated heterocycles. The number of rotatable bonds is 25. The Hall–Kier alpha value is -2.73. The van der Waals surface area contributed by atoms with Crippen LogP contribution in [0.3, 0.4) is 0 Å². The summed E-state index contributed by atoms with van der Waals surface area (Å²) in [6, 6.07) is 0.0164. The largest absolute Gasteiger partial charge is 0.481 e. The maximum absolute atomic E-state index is 13.5. The van der Waals surface area contributed by atoms with Crippen molar-refractivity contribution in [3.8, 4) is 5.75 Å². The van der Waals surface area contributed by atoms with Crippen molar-refractivity contribution in [3.63, 3.8) is 0 Å². The Morgan fingerprint density at radius 1 is 0.634 bits per heavy atom. The normalized spacial score (nSPS) is 11.0. The number of unbranched alkanes of at least 4 members (excludes halogenated alkanes) is 11. The molecule has 0 unspecified atom stereocenters. The smallest absolute Gasteiger partial charge is 0.313 e. The van der Waals surface area contributed by atoms with Gasteiger partial charge in [0.15, 0.2) is 11.6 Å². The minimum Gasteiger partial charge on any atom is -0.481 e.